The highest BCUT2D eigenvalue weighted by molar-refractivity contribution is 6.71. The fourth-order valence-electron chi connectivity index (χ4n) is 3.36. The van der Waals surface area contributed by atoms with E-state index in [1.54, 1.807) is 0 Å². The second-order valence-electron chi connectivity index (χ2n) is 8.22. The Morgan fingerprint density at radius 2 is 0.852 bits per heavy atom. The summed E-state index contributed by atoms with van der Waals surface area (Å²) in [6, 6.07) is 0. The first kappa shape index (κ1) is 26.9. The molecule has 0 radical (unpaired) electrons. The molecule has 0 spiro atoms. The van der Waals surface area contributed by atoms with Crippen LogP contribution in [0.1, 0.15) is 123 Å². The van der Waals surface area contributed by atoms with Gasteiger partial charge in [0.25, 0.3) is 0 Å². The molecule has 0 saturated carbocycles. The summed E-state index contributed by atoms with van der Waals surface area (Å²) in [6.45, 7) is 12.3. The highest BCUT2D eigenvalue weighted by Gasteiger charge is 2.26. The van der Waals surface area contributed by atoms with Gasteiger partial charge in [-0.2, -0.15) is 0 Å². The minimum Gasteiger partial charge on any atom is -0.391 e. The fraction of sp³-hybridized carbons (Fsp3) is 0.917. The Bertz CT molecular complexity index is 309. The van der Waals surface area contributed by atoms with Crippen molar-refractivity contribution in [3.8, 4) is 0 Å². The average Bonchev–Trinajstić information content (AvgIpc) is 2.68. The number of rotatable bonds is 22. The summed E-state index contributed by atoms with van der Waals surface area (Å²) in [5.41, 5.74) is 1.94. The van der Waals surface area contributed by atoms with Crippen LogP contribution in [0.4, 0.5) is 0 Å². The third-order valence-corrected chi connectivity index (χ3v) is 7.69. The van der Waals surface area contributed by atoms with Gasteiger partial charge in [-0.25, -0.2) is 0 Å². The van der Waals surface area contributed by atoms with Crippen molar-refractivity contribution in [2.45, 2.75) is 130 Å². The van der Waals surface area contributed by atoms with Crippen LogP contribution in [0.3, 0.4) is 0 Å². The van der Waals surface area contributed by atoms with E-state index in [0.29, 0.717) is 0 Å². The molecule has 0 aromatic carbocycles. The SMILES string of the molecule is C=C[Si](C)(OCCCCCC)OCCCCCCCCCCCCCCC. The van der Waals surface area contributed by atoms with Gasteiger partial charge in [0, 0.05) is 13.2 Å². The van der Waals surface area contributed by atoms with Crippen LogP contribution in [0, 0.1) is 0 Å². The lowest BCUT2D eigenvalue weighted by atomic mass is 10.0. The van der Waals surface area contributed by atoms with Crippen LogP contribution in [-0.2, 0) is 8.85 Å². The van der Waals surface area contributed by atoms with Crippen LogP contribution < -0.4 is 0 Å². The Hall–Kier alpha value is -0.123. The number of unbranched alkanes of at least 4 members (excludes halogenated alkanes) is 15. The van der Waals surface area contributed by atoms with E-state index in [9.17, 15) is 0 Å². The van der Waals surface area contributed by atoms with E-state index < -0.39 is 8.56 Å². The minimum absolute atomic E-state index is 0.827. The molecule has 162 valence electrons. The Morgan fingerprint density at radius 3 is 1.19 bits per heavy atom. The zero-order valence-electron chi connectivity index (χ0n) is 19.0. The zero-order valence-corrected chi connectivity index (χ0v) is 20.0. The predicted octanol–water partition coefficient (Wildman–Crippen LogP) is 8.49. The normalized spacial score (nSPS) is 13.6. The van der Waals surface area contributed by atoms with E-state index in [4.69, 9.17) is 8.85 Å². The maximum Gasteiger partial charge on any atom is 0.361 e. The quantitative estimate of drug-likeness (QED) is 0.134. The molecule has 0 aromatic heterocycles. The van der Waals surface area contributed by atoms with Gasteiger partial charge in [-0.15, -0.1) is 6.58 Å². The minimum atomic E-state index is -2.12. The van der Waals surface area contributed by atoms with E-state index in [-0.39, 0.29) is 0 Å². The smallest absolute Gasteiger partial charge is 0.361 e. The molecule has 2 nitrogen and oxygen atoms in total. The monoisotopic (exact) mass is 398 g/mol. The molecular weight excluding hydrogens is 348 g/mol. The molecule has 0 aliphatic rings. The summed E-state index contributed by atoms with van der Waals surface area (Å²) in [7, 11) is -2.12. The second kappa shape index (κ2) is 20.6. The Kier molecular flexibility index (Phi) is 20.5. The van der Waals surface area contributed by atoms with Crippen molar-refractivity contribution in [2.75, 3.05) is 13.2 Å². The summed E-state index contributed by atoms with van der Waals surface area (Å²) < 4.78 is 12.1. The van der Waals surface area contributed by atoms with Crippen molar-refractivity contribution < 1.29 is 8.85 Å². The summed E-state index contributed by atoms with van der Waals surface area (Å²) in [6.07, 6.45) is 23.0. The molecule has 0 aliphatic carbocycles. The Morgan fingerprint density at radius 1 is 0.556 bits per heavy atom. The van der Waals surface area contributed by atoms with Gasteiger partial charge in [-0.05, 0) is 25.1 Å². The molecule has 0 N–H and O–H groups in total. The lowest BCUT2D eigenvalue weighted by Gasteiger charge is -2.23. The highest BCUT2D eigenvalue weighted by atomic mass is 28.4. The van der Waals surface area contributed by atoms with Crippen LogP contribution in [0.2, 0.25) is 6.55 Å². The molecular formula is C24H50O2Si. The standard InChI is InChI=1S/C24H50O2Si/c1-5-8-10-12-13-14-15-16-17-18-19-20-22-24-26-27(4,7-3)25-23-21-11-9-6-2/h7H,3,5-6,8-24H2,1-2,4H3. The molecule has 0 rings (SSSR count). The first-order valence-corrected chi connectivity index (χ1v) is 14.5. The van der Waals surface area contributed by atoms with E-state index in [0.717, 1.165) is 26.1 Å². The maximum atomic E-state index is 6.08. The molecule has 0 bridgehead atoms. The van der Waals surface area contributed by atoms with Crippen LogP contribution >= 0.6 is 0 Å². The van der Waals surface area contributed by atoms with Crippen LogP contribution in [0.15, 0.2) is 12.3 Å². The molecule has 27 heavy (non-hydrogen) atoms. The molecule has 0 saturated heterocycles. The lowest BCUT2D eigenvalue weighted by Crippen LogP contribution is -2.37. The molecule has 3 heteroatoms. The zero-order chi connectivity index (χ0) is 20.1. The van der Waals surface area contributed by atoms with E-state index >= 15 is 0 Å². The van der Waals surface area contributed by atoms with Gasteiger partial charge >= 0.3 is 8.56 Å². The first-order chi connectivity index (χ1) is 13.2. The highest BCUT2D eigenvalue weighted by Crippen LogP contribution is 2.14. The summed E-state index contributed by atoms with van der Waals surface area (Å²) in [4.78, 5) is 0. The summed E-state index contributed by atoms with van der Waals surface area (Å²) >= 11 is 0. The van der Waals surface area contributed by atoms with Gasteiger partial charge in [-0.3, -0.25) is 0 Å². The van der Waals surface area contributed by atoms with Crippen LogP contribution in [-0.4, -0.2) is 21.8 Å². The molecule has 0 aliphatic heterocycles. The third kappa shape index (κ3) is 19.0. The first-order valence-electron chi connectivity index (χ1n) is 12.1. The molecule has 0 heterocycles. The van der Waals surface area contributed by atoms with Gasteiger partial charge in [0.15, 0.2) is 0 Å². The lowest BCUT2D eigenvalue weighted by molar-refractivity contribution is 0.177. The molecule has 0 fully saturated rings. The number of hydrogen-bond acceptors (Lipinski definition) is 2. The molecule has 0 amide bonds. The topological polar surface area (TPSA) is 18.5 Å². The van der Waals surface area contributed by atoms with Crippen molar-refractivity contribution in [3.05, 3.63) is 12.3 Å². The molecule has 1 unspecified atom stereocenters. The van der Waals surface area contributed by atoms with Gasteiger partial charge in [-0.1, -0.05) is 110 Å². The van der Waals surface area contributed by atoms with Gasteiger partial charge in [0.05, 0.1) is 0 Å². The van der Waals surface area contributed by atoms with Gasteiger partial charge in [0.2, 0.25) is 0 Å². The van der Waals surface area contributed by atoms with Gasteiger partial charge in [0.1, 0.15) is 0 Å². The van der Waals surface area contributed by atoms with E-state index in [1.807, 2.05) is 5.70 Å². The Labute approximate surface area is 172 Å². The van der Waals surface area contributed by atoms with E-state index in [1.165, 1.54) is 96.3 Å². The summed E-state index contributed by atoms with van der Waals surface area (Å²) in [5, 5.41) is 0. The van der Waals surface area contributed by atoms with Crippen molar-refractivity contribution in [2.24, 2.45) is 0 Å². The van der Waals surface area contributed by atoms with Crippen LogP contribution in [0.5, 0.6) is 0 Å². The molecule has 1 atom stereocenters. The van der Waals surface area contributed by atoms with Crippen molar-refractivity contribution in [3.63, 3.8) is 0 Å². The van der Waals surface area contributed by atoms with Crippen molar-refractivity contribution in [1.82, 2.24) is 0 Å². The summed E-state index contributed by atoms with van der Waals surface area (Å²) in [5.74, 6) is 0. The molecule has 0 aromatic rings. The largest absolute Gasteiger partial charge is 0.391 e. The maximum absolute atomic E-state index is 6.08. The predicted molar refractivity (Wildman–Crippen MR) is 124 cm³/mol. The number of hydrogen-bond donors (Lipinski definition) is 0. The second-order valence-corrected chi connectivity index (χ2v) is 11.2. The van der Waals surface area contributed by atoms with E-state index in [2.05, 4.69) is 27.0 Å². The van der Waals surface area contributed by atoms with Gasteiger partial charge < -0.3 is 8.85 Å². The Balaban J connectivity index is 3.39. The average molecular weight is 399 g/mol. The van der Waals surface area contributed by atoms with Crippen LogP contribution in [0.25, 0.3) is 0 Å². The fourth-order valence-corrected chi connectivity index (χ4v) is 4.78. The van der Waals surface area contributed by atoms with Crippen molar-refractivity contribution >= 4 is 8.56 Å². The van der Waals surface area contributed by atoms with Crippen molar-refractivity contribution in [1.29, 1.82) is 0 Å². The third-order valence-electron chi connectivity index (χ3n) is 5.39.